The van der Waals surface area contributed by atoms with E-state index in [4.69, 9.17) is 23.4 Å². The van der Waals surface area contributed by atoms with E-state index in [9.17, 15) is 9.59 Å². The summed E-state index contributed by atoms with van der Waals surface area (Å²) in [6, 6.07) is 16.3. The molecule has 35 heavy (non-hydrogen) atoms. The fraction of sp³-hybridized carbons (Fsp3) is 0.214. The molecule has 0 unspecified atom stereocenters. The van der Waals surface area contributed by atoms with Gasteiger partial charge in [-0.2, -0.15) is 0 Å². The average molecular weight is 472 g/mol. The molecule has 0 radical (unpaired) electrons. The highest BCUT2D eigenvalue weighted by Crippen LogP contribution is 2.50. The molecule has 7 nitrogen and oxygen atoms in total. The second-order valence-electron chi connectivity index (χ2n) is 8.33. The molecule has 7 heteroatoms. The molecule has 0 saturated carbocycles. The molecule has 0 fully saturated rings. The fourth-order valence-corrected chi connectivity index (χ4v) is 4.83. The van der Waals surface area contributed by atoms with E-state index in [0.717, 1.165) is 22.3 Å². The topological polar surface area (TPSA) is 84.2 Å². The van der Waals surface area contributed by atoms with Crippen LogP contribution in [0.4, 0.5) is 0 Å². The lowest BCUT2D eigenvalue weighted by molar-refractivity contribution is -0.135. The molecule has 178 valence electrons. The van der Waals surface area contributed by atoms with Gasteiger partial charge < -0.3 is 23.4 Å². The monoisotopic (exact) mass is 472 g/mol. The minimum absolute atomic E-state index is 0.114. The van der Waals surface area contributed by atoms with Crippen LogP contribution in [-0.4, -0.2) is 27.3 Å². The first-order valence-corrected chi connectivity index (χ1v) is 11.1. The number of rotatable bonds is 5. The van der Waals surface area contributed by atoms with Crippen LogP contribution in [0, 0.1) is 6.92 Å². The van der Waals surface area contributed by atoms with Crippen molar-refractivity contribution in [2.24, 2.45) is 0 Å². The molecule has 0 spiro atoms. The van der Waals surface area contributed by atoms with Gasteiger partial charge in [-0.05, 0) is 30.2 Å². The summed E-state index contributed by atoms with van der Waals surface area (Å²) in [5, 5.41) is 0.578. The molecule has 0 N–H and O–H groups in total. The molecule has 0 aliphatic carbocycles. The Bertz CT molecular complexity index is 1500. The van der Waals surface area contributed by atoms with Crippen molar-refractivity contribution in [2.45, 2.75) is 19.3 Å². The van der Waals surface area contributed by atoms with E-state index in [1.54, 1.807) is 27.4 Å². The number of carbonyl (C=O) groups excluding carboxylic acids is 1. The summed E-state index contributed by atoms with van der Waals surface area (Å²) in [6.07, 6.45) is 0.114. The second-order valence-corrected chi connectivity index (χ2v) is 8.33. The Morgan fingerprint density at radius 3 is 2.23 bits per heavy atom. The summed E-state index contributed by atoms with van der Waals surface area (Å²) >= 11 is 0. The molecule has 0 amide bonds. The van der Waals surface area contributed by atoms with Crippen LogP contribution < -0.4 is 24.6 Å². The van der Waals surface area contributed by atoms with Crippen LogP contribution in [0.5, 0.6) is 23.0 Å². The summed E-state index contributed by atoms with van der Waals surface area (Å²) in [6.45, 7) is 1.91. The Balaban J connectivity index is 1.84. The molecule has 2 heterocycles. The van der Waals surface area contributed by atoms with E-state index in [1.807, 2.05) is 49.4 Å². The first kappa shape index (κ1) is 22.5. The highest BCUT2D eigenvalue weighted by Gasteiger charge is 2.35. The molecule has 3 aromatic carbocycles. The van der Waals surface area contributed by atoms with Crippen LogP contribution in [-0.2, 0) is 4.79 Å². The number of hydrogen-bond acceptors (Lipinski definition) is 7. The minimum Gasteiger partial charge on any atom is -0.496 e. The Morgan fingerprint density at radius 1 is 0.857 bits per heavy atom. The molecule has 5 rings (SSSR count). The molecular weight excluding hydrogens is 448 g/mol. The summed E-state index contributed by atoms with van der Waals surface area (Å²) < 4.78 is 28.0. The molecule has 1 aromatic heterocycles. The van der Waals surface area contributed by atoms with Gasteiger partial charge in [0.15, 0.2) is 11.5 Å². The second kappa shape index (κ2) is 8.83. The largest absolute Gasteiger partial charge is 0.496 e. The van der Waals surface area contributed by atoms with Crippen LogP contribution in [0.1, 0.15) is 29.0 Å². The highest BCUT2D eigenvalue weighted by atomic mass is 16.5. The van der Waals surface area contributed by atoms with Gasteiger partial charge in [0, 0.05) is 34.7 Å². The number of fused-ring (bicyclic) bond motifs is 3. The minimum atomic E-state index is -0.476. The zero-order valence-corrected chi connectivity index (χ0v) is 19.8. The summed E-state index contributed by atoms with van der Waals surface area (Å²) in [4.78, 5) is 25.4. The van der Waals surface area contributed by atoms with Gasteiger partial charge in [0.1, 0.15) is 17.1 Å². The third-order valence-corrected chi connectivity index (χ3v) is 6.36. The number of esters is 1. The Kier molecular flexibility index (Phi) is 5.68. The average Bonchev–Trinajstić information content (AvgIpc) is 2.87. The molecule has 1 atom stereocenters. The lowest BCUT2D eigenvalue weighted by Crippen LogP contribution is -2.23. The van der Waals surface area contributed by atoms with Gasteiger partial charge in [0.2, 0.25) is 0 Å². The van der Waals surface area contributed by atoms with Crippen molar-refractivity contribution in [3.63, 3.8) is 0 Å². The summed E-state index contributed by atoms with van der Waals surface area (Å²) in [5.74, 6) is 1.24. The van der Waals surface area contributed by atoms with Crippen molar-refractivity contribution in [1.29, 1.82) is 0 Å². The van der Waals surface area contributed by atoms with Crippen LogP contribution in [0.2, 0.25) is 0 Å². The maximum absolute atomic E-state index is 12.9. The van der Waals surface area contributed by atoms with Gasteiger partial charge in [0.05, 0.1) is 33.1 Å². The van der Waals surface area contributed by atoms with Gasteiger partial charge in [-0.15, -0.1) is 0 Å². The van der Waals surface area contributed by atoms with E-state index < -0.39 is 11.6 Å². The number of hydrogen-bond donors (Lipinski definition) is 0. The zero-order valence-electron chi connectivity index (χ0n) is 19.8. The van der Waals surface area contributed by atoms with Crippen molar-refractivity contribution in [3.05, 3.63) is 81.7 Å². The smallest absolute Gasteiger partial charge is 0.336 e. The normalized spacial score (nSPS) is 14.9. The fourth-order valence-electron chi connectivity index (χ4n) is 4.83. The van der Waals surface area contributed by atoms with Crippen molar-refractivity contribution in [3.8, 4) is 34.1 Å². The maximum atomic E-state index is 12.9. The first-order chi connectivity index (χ1) is 16.9. The number of ether oxygens (including phenoxy) is 4. The Hall–Kier alpha value is -4.26. The molecule has 0 saturated heterocycles. The van der Waals surface area contributed by atoms with E-state index in [1.165, 1.54) is 6.07 Å². The van der Waals surface area contributed by atoms with Gasteiger partial charge in [-0.3, -0.25) is 4.79 Å². The third kappa shape index (κ3) is 3.79. The SMILES string of the molecule is COc1cc(OC)c([C@@H]2CC(=O)Oc3c2c(C)cc2oc(=O)cc(-c4ccccc4)c32)cc1OC. The number of benzene rings is 3. The quantitative estimate of drug-likeness (QED) is 0.223. The number of methoxy groups -OCH3 is 3. The van der Waals surface area contributed by atoms with Gasteiger partial charge in [-0.25, -0.2) is 4.79 Å². The Labute approximate surface area is 201 Å². The van der Waals surface area contributed by atoms with Crippen LogP contribution in [0.25, 0.3) is 22.1 Å². The number of carbonyl (C=O) groups is 1. The highest BCUT2D eigenvalue weighted by molar-refractivity contribution is 6.01. The maximum Gasteiger partial charge on any atom is 0.336 e. The van der Waals surface area contributed by atoms with E-state index in [-0.39, 0.29) is 12.3 Å². The lowest BCUT2D eigenvalue weighted by Gasteiger charge is -2.29. The molecule has 0 bridgehead atoms. The van der Waals surface area contributed by atoms with Gasteiger partial charge >= 0.3 is 11.6 Å². The van der Waals surface area contributed by atoms with Crippen LogP contribution >= 0.6 is 0 Å². The van der Waals surface area contributed by atoms with Crippen LogP contribution in [0.3, 0.4) is 0 Å². The standard InChI is InChI=1S/C28H24O7/c1-15-10-23-27(17(12-24(29)34-23)16-8-6-5-7-9-16)28-26(15)19(13-25(30)35-28)18-11-21(32-3)22(33-4)14-20(18)31-2/h5-12,14,19H,13H2,1-4H3/t19-/m0/s1. The molecule has 1 aliphatic heterocycles. The summed E-state index contributed by atoms with van der Waals surface area (Å²) in [7, 11) is 4.69. The zero-order chi connectivity index (χ0) is 24.7. The third-order valence-electron chi connectivity index (χ3n) is 6.36. The van der Waals surface area contributed by atoms with Crippen molar-refractivity contribution in [1.82, 2.24) is 0 Å². The van der Waals surface area contributed by atoms with Crippen LogP contribution in [0.15, 0.2) is 63.8 Å². The first-order valence-electron chi connectivity index (χ1n) is 11.1. The van der Waals surface area contributed by atoms with Crippen molar-refractivity contribution in [2.75, 3.05) is 21.3 Å². The summed E-state index contributed by atoms with van der Waals surface area (Å²) in [5.41, 5.74) is 3.77. The molecular formula is C28H24O7. The van der Waals surface area contributed by atoms with E-state index in [0.29, 0.717) is 39.5 Å². The predicted molar refractivity (Wildman–Crippen MR) is 131 cm³/mol. The lowest BCUT2D eigenvalue weighted by atomic mass is 9.81. The Morgan fingerprint density at radius 2 is 1.54 bits per heavy atom. The molecule has 4 aromatic rings. The predicted octanol–water partition coefficient (Wildman–Crippen LogP) is 5.24. The van der Waals surface area contributed by atoms with E-state index in [2.05, 4.69) is 0 Å². The van der Waals surface area contributed by atoms with Crippen molar-refractivity contribution >= 4 is 16.9 Å². The van der Waals surface area contributed by atoms with Crippen molar-refractivity contribution < 1.29 is 28.2 Å². The van der Waals surface area contributed by atoms with Gasteiger partial charge in [0.25, 0.3) is 0 Å². The number of aryl methyl sites for hydroxylation is 1. The molecule has 1 aliphatic rings. The van der Waals surface area contributed by atoms with Gasteiger partial charge in [-0.1, -0.05) is 30.3 Å². The van der Waals surface area contributed by atoms with E-state index >= 15 is 0 Å².